The first kappa shape index (κ1) is 14.7. The fraction of sp³-hybridized carbons (Fsp3) is 0.438. The van der Waals surface area contributed by atoms with E-state index in [4.69, 9.17) is 0 Å². The number of hydrogen-bond donors (Lipinski definition) is 1. The lowest BCUT2D eigenvalue weighted by atomic mass is 10.0. The van der Waals surface area contributed by atoms with Crippen molar-refractivity contribution in [1.29, 1.82) is 0 Å². The molecule has 0 fully saturated rings. The topological polar surface area (TPSA) is 29.9 Å². The van der Waals surface area contributed by atoms with Gasteiger partial charge < -0.3 is 9.88 Å². The molecule has 1 aromatic heterocycles. The molecule has 0 bridgehead atoms. The van der Waals surface area contributed by atoms with Crippen LogP contribution in [0.4, 0.5) is 4.39 Å². The van der Waals surface area contributed by atoms with E-state index in [9.17, 15) is 4.39 Å². The molecule has 1 atom stereocenters. The summed E-state index contributed by atoms with van der Waals surface area (Å²) in [5.41, 5.74) is 1.72. The van der Waals surface area contributed by atoms with Gasteiger partial charge in [0.05, 0.1) is 6.04 Å². The number of benzene rings is 1. The number of aromatic nitrogens is 2. The normalized spacial score (nSPS) is 12.6. The molecule has 0 amide bonds. The Morgan fingerprint density at radius 1 is 1.35 bits per heavy atom. The summed E-state index contributed by atoms with van der Waals surface area (Å²) in [7, 11) is 0. The highest BCUT2D eigenvalue weighted by atomic mass is 19.1. The maximum Gasteiger partial charge on any atom is 0.130 e. The van der Waals surface area contributed by atoms with Gasteiger partial charge in [0, 0.05) is 18.9 Å². The van der Waals surface area contributed by atoms with E-state index in [1.165, 1.54) is 6.07 Å². The zero-order chi connectivity index (χ0) is 14.5. The third kappa shape index (κ3) is 3.07. The fourth-order valence-electron chi connectivity index (χ4n) is 2.34. The highest BCUT2D eigenvalue weighted by Crippen LogP contribution is 2.23. The van der Waals surface area contributed by atoms with Crippen molar-refractivity contribution in [3.63, 3.8) is 0 Å². The maximum absolute atomic E-state index is 13.5. The van der Waals surface area contributed by atoms with Gasteiger partial charge in [-0.3, -0.25) is 0 Å². The van der Waals surface area contributed by atoms with Crippen LogP contribution in [-0.2, 0) is 6.54 Å². The molecule has 20 heavy (non-hydrogen) atoms. The Labute approximate surface area is 119 Å². The number of nitrogens with zero attached hydrogens (tertiary/aromatic N) is 2. The van der Waals surface area contributed by atoms with Crippen molar-refractivity contribution >= 4 is 0 Å². The van der Waals surface area contributed by atoms with Gasteiger partial charge >= 0.3 is 0 Å². The van der Waals surface area contributed by atoms with Crippen molar-refractivity contribution in [2.24, 2.45) is 0 Å². The molecule has 0 aliphatic carbocycles. The number of nitrogens with one attached hydrogen (secondary N) is 1. The first-order valence-electron chi connectivity index (χ1n) is 7.17. The Morgan fingerprint density at radius 2 is 2.15 bits per heavy atom. The Balaban J connectivity index is 2.38. The van der Waals surface area contributed by atoms with Gasteiger partial charge in [0.25, 0.3) is 0 Å². The lowest BCUT2D eigenvalue weighted by Gasteiger charge is -2.20. The van der Waals surface area contributed by atoms with Crippen molar-refractivity contribution in [3.05, 3.63) is 53.4 Å². The molecule has 1 unspecified atom stereocenters. The predicted octanol–water partition coefficient (Wildman–Crippen LogP) is 3.44. The Hall–Kier alpha value is -1.68. The van der Waals surface area contributed by atoms with E-state index in [1.807, 2.05) is 24.5 Å². The molecule has 2 aromatic rings. The highest BCUT2D eigenvalue weighted by molar-refractivity contribution is 5.30. The third-order valence-electron chi connectivity index (χ3n) is 3.46. The first-order valence-corrected chi connectivity index (χ1v) is 7.17. The molecule has 3 nitrogen and oxygen atoms in total. The Morgan fingerprint density at radius 3 is 2.80 bits per heavy atom. The number of rotatable bonds is 6. The van der Waals surface area contributed by atoms with Gasteiger partial charge in [-0.1, -0.05) is 19.1 Å². The van der Waals surface area contributed by atoms with Gasteiger partial charge in [-0.15, -0.1) is 0 Å². The minimum atomic E-state index is -0.165. The molecule has 0 radical (unpaired) electrons. The summed E-state index contributed by atoms with van der Waals surface area (Å²) in [6.45, 7) is 7.80. The smallest absolute Gasteiger partial charge is 0.130 e. The summed E-state index contributed by atoms with van der Waals surface area (Å²) in [5, 5.41) is 3.50. The summed E-state index contributed by atoms with van der Waals surface area (Å²) in [6.07, 6.45) is 4.84. The molecule has 0 aliphatic rings. The maximum atomic E-state index is 13.5. The molecule has 1 aromatic carbocycles. The van der Waals surface area contributed by atoms with Crippen LogP contribution in [0.25, 0.3) is 0 Å². The van der Waals surface area contributed by atoms with Gasteiger partial charge in [-0.05, 0) is 44.0 Å². The Bertz CT molecular complexity index is 563. The summed E-state index contributed by atoms with van der Waals surface area (Å²) in [4.78, 5) is 4.48. The summed E-state index contributed by atoms with van der Waals surface area (Å²) in [5.74, 6) is 0.814. The molecule has 1 heterocycles. The second kappa shape index (κ2) is 6.66. The van der Waals surface area contributed by atoms with Gasteiger partial charge in [-0.2, -0.15) is 0 Å². The van der Waals surface area contributed by atoms with Crippen molar-refractivity contribution in [2.45, 2.75) is 39.8 Å². The molecule has 108 valence electrons. The van der Waals surface area contributed by atoms with Crippen LogP contribution >= 0.6 is 0 Å². The van der Waals surface area contributed by atoms with Crippen molar-refractivity contribution in [2.75, 3.05) is 6.54 Å². The van der Waals surface area contributed by atoms with Crippen LogP contribution in [-0.4, -0.2) is 16.1 Å². The number of halogens is 1. The van der Waals surface area contributed by atoms with Crippen molar-refractivity contribution in [1.82, 2.24) is 14.9 Å². The third-order valence-corrected chi connectivity index (χ3v) is 3.46. The van der Waals surface area contributed by atoms with Gasteiger partial charge in [-0.25, -0.2) is 9.37 Å². The monoisotopic (exact) mass is 275 g/mol. The summed E-state index contributed by atoms with van der Waals surface area (Å²) in [6, 6.07) is 5.27. The quantitative estimate of drug-likeness (QED) is 0.875. The average molecular weight is 275 g/mol. The van der Waals surface area contributed by atoms with Crippen LogP contribution in [0, 0.1) is 12.7 Å². The van der Waals surface area contributed by atoms with Crippen LogP contribution in [0.3, 0.4) is 0 Å². The second-order valence-corrected chi connectivity index (χ2v) is 4.97. The second-order valence-electron chi connectivity index (χ2n) is 4.97. The summed E-state index contributed by atoms with van der Waals surface area (Å²) < 4.78 is 15.6. The van der Waals surface area contributed by atoms with Gasteiger partial charge in [0.2, 0.25) is 0 Å². The van der Waals surface area contributed by atoms with Crippen LogP contribution in [0.1, 0.15) is 43.3 Å². The molecule has 0 saturated heterocycles. The van der Waals surface area contributed by atoms with Gasteiger partial charge in [0.1, 0.15) is 11.6 Å². The minimum absolute atomic E-state index is 0.00389. The molecular formula is C16H22FN3. The largest absolute Gasteiger partial charge is 0.334 e. The lowest BCUT2D eigenvalue weighted by Crippen LogP contribution is -2.26. The number of aryl methyl sites for hydroxylation is 2. The SMILES string of the molecule is CCCNC(c1ccc(F)c(C)c1)c1nccn1CC. The molecule has 0 saturated carbocycles. The average Bonchev–Trinajstić information content (AvgIpc) is 2.91. The van der Waals surface area contributed by atoms with E-state index < -0.39 is 0 Å². The summed E-state index contributed by atoms with van der Waals surface area (Å²) >= 11 is 0. The molecule has 2 rings (SSSR count). The van der Waals surface area contributed by atoms with Crippen LogP contribution in [0.2, 0.25) is 0 Å². The minimum Gasteiger partial charge on any atom is -0.334 e. The Kier molecular flexibility index (Phi) is 4.90. The molecule has 4 heteroatoms. The van der Waals surface area contributed by atoms with Crippen molar-refractivity contribution < 1.29 is 4.39 Å². The first-order chi connectivity index (χ1) is 9.67. The van der Waals surface area contributed by atoms with E-state index >= 15 is 0 Å². The van der Waals surface area contributed by atoms with E-state index in [0.717, 1.165) is 30.9 Å². The zero-order valence-electron chi connectivity index (χ0n) is 12.4. The van der Waals surface area contributed by atoms with E-state index in [1.54, 1.807) is 6.92 Å². The van der Waals surface area contributed by atoms with Crippen LogP contribution in [0.5, 0.6) is 0 Å². The molecule has 0 aliphatic heterocycles. The van der Waals surface area contributed by atoms with Gasteiger partial charge in [0.15, 0.2) is 0 Å². The lowest BCUT2D eigenvalue weighted by molar-refractivity contribution is 0.539. The number of hydrogen-bond acceptors (Lipinski definition) is 2. The van der Waals surface area contributed by atoms with E-state index in [-0.39, 0.29) is 11.9 Å². The molecule has 0 spiro atoms. The molecular weight excluding hydrogens is 253 g/mol. The van der Waals surface area contributed by atoms with Crippen LogP contribution < -0.4 is 5.32 Å². The number of imidazole rings is 1. The van der Waals surface area contributed by atoms with E-state index in [2.05, 4.69) is 28.7 Å². The molecule has 1 N–H and O–H groups in total. The van der Waals surface area contributed by atoms with Crippen molar-refractivity contribution in [3.8, 4) is 0 Å². The van der Waals surface area contributed by atoms with Crippen LogP contribution in [0.15, 0.2) is 30.6 Å². The predicted molar refractivity (Wildman–Crippen MR) is 79.2 cm³/mol. The highest BCUT2D eigenvalue weighted by Gasteiger charge is 2.18. The van der Waals surface area contributed by atoms with E-state index in [0.29, 0.717) is 5.56 Å². The standard InChI is InChI=1S/C16H22FN3/c1-4-8-18-15(16-19-9-10-20(16)5-2)13-6-7-14(17)12(3)11-13/h6-7,9-11,15,18H,4-5,8H2,1-3H3. The fourth-order valence-corrected chi connectivity index (χ4v) is 2.34. The zero-order valence-corrected chi connectivity index (χ0v) is 12.4.